The van der Waals surface area contributed by atoms with E-state index in [0.717, 1.165) is 54.2 Å². The number of likely N-dealkylation sites (tertiary alicyclic amines) is 1. The Bertz CT molecular complexity index is 1140. The number of benzene rings is 1. The third kappa shape index (κ3) is 5.47. The van der Waals surface area contributed by atoms with Gasteiger partial charge >= 0.3 is 12.2 Å². The Morgan fingerprint density at radius 2 is 2.16 bits per heavy atom. The molecular formula is C25H31F4N5O2S. The fourth-order valence-electron chi connectivity index (χ4n) is 5.88. The predicted octanol–water partition coefficient (Wildman–Crippen LogP) is 4.17. The van der Waals surface area contributed by atoms with E-state index in [1.165, 1.54) is 0 Å². The molecule has 0 unspecified atom stereocenters. The van der Waals surface area contributed by atoms with Crippen molar-refractivity contribution < 1.29 is 27.5 Å². The molecule has 3 aliphatic rings. The quantitative estimate of drug-likeness (QED) is 0.458. The van der Waals surface area contributed by atoms with Gasteiger partial charge in [-0.2, -0.15) is 13.2 Å². The highest BCUT2D eigenvalue weighted by molar-refractivity contribution is 7.11. The van der Waals surface area contributed by atoms with Gasteiger partial charge in [-0.3, -0.25) is 4.90 Å². The van der Waals surface area contributed by atoms with Crippen molar-refractivity contribution >= 4 is 23.1 Å². The molecule has 1 saturated heterocycles. The minimum absolute atomic E-state index is 0.0361. The lowest BCUT2D eigenvalue weighted by Gasteiger charge is -2.37. The summed E-state index contributed by atoms with van der Waals surface area (Å²) in [4.78, 5) is 22.8. The lowest BCUT2D eigenvalue weighted by Crippen LogP contribution is -2.48. The molecule has 202 valence electrons. The standard InChI is InChI=1S/C25H31F4N5O2S/c26-21-2-1-16(10-20(21)25(27,28)29)32-23(36)34(8-7-33-6-4-18(35)14-33)17-3-5-24(11-15(24)9-17)22-31-13-19(12-30)37-22/h1-2,10,13,15,17-18,35H,3-9,11-12,14,30H2,(H,32,36)/t15-,17+,18+,24-/m0/s1. The molecule has 0 spiro atoms. The second kappa shape index (κ2) is 10.1. The van der Waals surface area contributed by atoms with E-state index in [-0.39, 0.29) is 23.2 Å². The first-order chi connectivity index (χ1) is 17.6. The maximum Gasteiger partial charge on any atom is 0.419 e. The molecule has 0 radical (unpaired) electrons. The van der Waals surface area contributed by atoms with E-state index in [1.54, 1.807) is 16.2 Å². The van der Waals surface area contributed by atoms with E-state index in [4.69, 9.17) is 5.73 Å². The van der Waals surface area contributed by atoms with Crippen LogP contribution in [0.2, 0.25) is 0 Å². The minimum atomic E-state index is -4.86. The lowest BCUT2D eigenvalue weighted by molar-refractivity contribution is -0.139. The van der Waals surface area contributed by atoms with Crippen molar-refractivity contribution in [1.29, 1.82) is 0 Å². The predicted molar refractivity (Wildman–Crippen MR) is 132 cm³/mol. The normalized spacial score (nSPS) is 27.7. The van der Waals surface area contributed by atoms with Gasteiger partial charge in [0.15, 0.2) is 0 Å². The Morgan fingerprint density at radius 3 is 2.81 bits per heavy atom. The van der Waals surface area contributed by atoms with Crippen LogP contribution >= 0.6 is 11.3 Å². The summed E-state index contributed by atoms with van der Waals surface area (Å²) in [6, 6.07) is 1.91. The number of carbonyl (C=O) groups excluding carboxylic acids is 1. The maximum atomic E-state index is 13.7. The highest BCUT2D eigenvalue weighted by atomic mass is 32.1. The number of nitrogens with zero attached hydrogens (tertiary/aromatic N) is 3. The van der Waals surface area contributed by atoms with Gasteiger partial charge in [0, 0.05) is 60.9 Å². The summed E-state index contributed by atoms with van der Waals surface area (Å²) < 4.78 is 53.3. The monoisotopic (exact) mass is 541 g/mol. The largest absolute Gasteiger partial charge is 0.419 e. The summed E-state index contributed by atoms with van der Waals surface area (Å²) in [7, 11) is 0. The average Bonchev–Trinajstić information content (AvgIpc) is 3.15. The SMILES string of the molecule is NCc1cnc([C@]23CC[C@@H](N(CCN4CC[C@@H](O)C4)C(=O)Nc4ccc(F)c(C(F)(F)F)c4)C[C@H]2C3)s1. The highest BCUT2D eigenvalue weighted by Crippen LogP contribution is 2.63. The van der Waals surface area contributed by atoms with Crippen molar-refractivity contribution in [3.05, 3.63) is 45.7 Å². The summed E-state index contributed by atoms with van der Waals surface area (Å²) >= 11 is 1.65. The molecule has 2 saturated carbocycles. The first-order valence-electron chi connectivity index (χ1n) is 12.6. The van der Waals surface area contributed by atoms with Crippen LogP contribution < -0.4 is 11.1 Å². The number of aromatic nitrogens is 1. The summed E-state index contributed by atoms with van der Waals surface area (Å²) in [6.07, 6.45) is 0.668. The topological polar surface area (TPSA) is 94.7 Å². The third-order valence-electron chi connectivity index (χ3n) is 8.02. The van der Waals surface area contributed by atoms with Gasteiger partial charge in [-0.25, -0.2) is 14.2 Å². The van der Waals surface area contributed by atoms with E-state index in [2.05, 4.69) is 15.2 Å². The van der Waals surface area contributed by atoms with Crippen molar-refractivity contribution in [2.75, 3.05) is 31.5 Å². The Hall–Kier alpha value is -2.28. The van der Waals surface area contributed by atoms with Crippen molar-refractivity contribution in [1.82, 2.24) is 14.8 Å². The first-order valence-corrected chi connectivity index (χ1v) is 13.4. The van der Waals surface area contributed by atoms with Crippen LogP contribution in [0.3, 0.4) is 0 Å². The number of hydrogen-bond donors (Lipinski definition) is 3. The summed E-state index contributed by atoms with van der Waals surface area (Å²) in [5, 5.41) is 13.5. The van der Waals surface area contributed by atoms with Crippen LogP contribution in [0.15, 0.2) is 24.4 Å². The van der Waals surface area contributed by atoms with Crippen LogP contribution in [0.4, 0.5) is 28.0 Å². The molecular weight excluding hydrogens is 510 g/mol. The molecule has 37 heavy (non-hydrogen) atoms. The second-order valence-electron chi connectivity index (χ2n) is 10.4. The van der Waals surface area contributed by atoms with E-state index >= 15 is 0 Å². The molecule has 0 bridgehead atoms. The molecule has 7 nitrogen and oxygen atoms in total. The van der Waals surface area contributed by atoms with Gasteiger partial charge in [0.1, 0.15) is 5.82 Å². The van der Waals surface area contributed by atoms with Gasteiger partial charge in [0.25, 0.3) is 0 Å². The summed E-state index contributed by atoms with van der Waals surface area (Å²) in [5.41, 5.74) is 4.28. The van der Waals surface area contributed by atoms with E-state index in [9.17, 15) is 27.5 Å². The number of urea groups is 1. The number of fused-ring (bicyclic) bond motifs is 1. The summed E-state index contributed by atoms with van der Waals surface area (Å²) in [5.74, 6) is -0.998. The van der Waals surface area contributed by atoms with Crippen LogP contribution in [0, 0.1) is 11.7 Å². The number of nitrogens with two attached hydrogens (primary N) is 1. The number of hydrogen-bond acceptors (Lipinski definition) is 6. The Kier molecular flexibility index (Phi) is 7.20. The number of halogens is 4. The number of nitrogens with one attached hydrogen (secondary N) is 1. The molecule has 1 aromatic heterocycles. The molecule has 2 amide bonds. The number of rotatable bonds is 7. The lowest BCUT2D eigenvalue weighted by atomic mass is 9.85. The zero-order valence-corrected chi connectivity index (χ0v) is 21.1. The number of thiazole rings is 1. The zero-order chi connectivity index (χ0) is 26.4. The van der Waals surface area contributed by atoms with Gasteiger partial charge in [0.05, 0.1) is 16.7 Å². The fraction of sp³-hybridized carbons (Fsp3) is 0.600. The number of alkyl halides is 3. The van der Waals surface area contributed by atoms with Gasteiger partial charge < -0.3 is 21.1 Å². The highest BCUT2D eigenvalue weighted by Gasteiger charge is 2.60. The smallest absolute Gasteiger partial charge is 0.392 e. The molecule has 1 aromatic carbocycles. The number of aliphatic hydroxyl groups is 1. The van der Waals surface area contributed by atoms with Gasteiger partial charge in [-0.1, -0.05) is 0 Å². The van der Waals surface area contributed by atoms with Crippen LogP contribution in [-0.2, 0) is 18.1 Å². The molecule has 3 fully saturated rings. The van der Waals surface area contributed by atoms with Crippen LogP contribution in [-0.4, -0.2) is 64.2 Å². The van der Waals surface area contributed by atoms with Crippen LogP contribution in [0.5, 0.6) is 0 Å². The molecule has 2 aromatic rings. The molecule has 4 N–H and O–H groups in total. The van der Waals surface area contributed by atoms with Gasteiger partial charge in [0.2, 0.25) is 0 Å². The minimum Gasteiger partial charge on any atom is -0.392 e. The number of β-amino-alcohol motifs (C(OH)–C–C–N with tert-alkyl or cyclic N) is 1. The van der Waals surface area contributed by atoms with Crippen molar-refractivity contribution in [2.24, 2.45) is 11.7 Å². The molecule has 2 heterocycles. The number of amides is 2. The van der Waals surface area contributed by atoms with Crippen LogP contribution in [0.1, 0.15) is 47.6 Å². The maximum absolute atomic E-state index is 13.7. The molecule has 4 atom stereocenters. The van der Waals surface area contributed by atoms with Gasteiger partial charge in [-0.05, 0) is 56.2 Å². The van der Waals surface area contributed by atoms with Crippen molar-refractivity contribution in [2.45, 2.75) is 62.4 Å². The molecule has 5 rings (SSSR count). The van der Waals surface area contributed by atoms with E-state index in [0.29, 0.717) is 44.6 Å². The van der Waals surface area contributed by atoms with Crippen molar-refractivity contribution in [3.8, 4) is 0 Å². The summed E-state index contributed by atoms with van der Waals surface area (Å²) in [6.45, 7) is 2.66. The third-order valence-corrected chi connectivity index (χ3v) is 9.26. The second-order valence-corrected chi connectivity index (χ2v) is 11.5. The number of aliphatic hydroxyl groups excluding tert-OH is 1. The Balaban J connectivity index is 1.30. The molecule has 1 aliphatic heterocycles. The fourth-order valence-corrected chi connectivity index (χ4v) is 6.98. The number of anilines is 1. The van der Waals surface area contributed by atoms with Gasteiger partial charge in [-0.15, -0.1) is 11.3 Å². The first kappa shape index (κ1) is 26.3. The number of carbonyl (C=O) groups is 1. The molecule has 12 heteroatoms. The average molecular weight is 542 g/mol. The zero-order valence-electron chi connectivity index (χ0n) is 20.3. The molecule has 2 aliphatic carbocycles. The Morgan fingerprint density at radius 1 is 1.35 bits per heavy atom. The van der Waals surface area contributed by atoms with E-state index in [1.807, 2.05) is 6.20 Å². The van der Waals surface area contributed by atoms with E-state index < -0.39 is 23.6 Å². The van der Waals surface area contributed by atoms with Crippen LogP contribution in [0.25, 0.3) is 0 Å². The van der Waals surface area contributed by atoms with Crippen molar-refractivity contribution in [3.63, 3.8) is 0 Å². The Labute approximate surface area is 216 Å².